The van der Waals surface area contributed by atoms with Gasteiger partial charge in [-0.05, 0) is 25.2 Å². The van der Waals surface area contributed by atoms with Crippen LogP contribution in [-0.2, 0) is 6.54 Å². The Labute approximate surface area is 90.0 Å². The second-order valence-corrected chi connectivity index (χ2v) is 3.46. The Morgan fingerprint density at radius 3 is 2.73 bits per heavy atom. The minimum absolute atomic E-state index is 0.241. The van der Waals surface area contributed by atoms with Crippen LogP contribution in [-0.4, -0.2) is 24.4 Å². The van der Waals surface area contributed by atoms with E-state index in [1.165, 1.54) is 0 Å². The van der Waals surface area contributed by atoms with E-state index in [4.69, 9.17) is 5.84 Å². The number of nitrogens with one attached hydrogen (secondary N) is 1. The molecule has 0 spiro atoms. The molecule has 1 aromatic carbocycles. The van der Waals surface area contributed by atoms with Gasteiger partial charge in [0.15, 0.2) is 0 Å². The number of nitrogen functional groups attached to an aromatic ring is 1. The summed E-state index contributed by atoms with van der Waals surface area (Å²) in [4.78, 5) is 13.6. The number of rotatable bonds is 4. The van der Waals surface area contributed by atoms with E-state index >= 15 is 0 Å². The Bertz CT molecular complexity index is 338. The van der Waals surface area contributed by atoms with Crippen molar-refractivity contribution < 1.29 is 4.79 Å². The van der Waals surface area contributed by atoms with Gasteiger partial charge >= 0.3 is 0 Å². The molecule has 3 N–H and O–H groups in total. The SMILES string of the molecule is CCN(C)Cc1ccccc1C(=O)NN. The molecule has 82 valence electrons. The number of hydrogen-bond acceptors (Lipinski definition) is 3. The molecule has 1 aromatic rings. The number of nitrogens with two attached hydrogens (primary N) is 1. The van der Waals surface area contributed by atoms with Crippen LogP contribution >= 0.6 is 0 Å². The molecule has 0 aliphatic carbocycles. The van der Waals surface area contributed by atoms with E-state index in [1.54, 1.807) is 6.07 Å². The Morgan fingerprint density at radius 1 is 1.47 bits per heavy atom. The highest BCUT2D eigenvalue weighted by molar-refractivity contribution is 5.95. The second-order valence-electron chi connectivity index (χ2n) is 3.46. The van der Waals surface area contributed by atoms with Crippen LogP contribution in [0.2, 0.25) is 0 Å². The van der Waals surface area contributed by atoms with Gasteiger partial charge in [-0.1, -0.05) is 25.1 Å². The van der Waals surface area contributed by atoms with E-state index in [0.717, 1.165) is 18.7 Å². The molecule has 0 aliphatic rings. The zero-order valence-electron chi connectivity index (χ0n) is 9.16. The molecule has 0 saturated carbocycles. The summed E-state index contributed by atoms with van der Waals surface area (Å²) >= 11 is 0. The number of hydrogen-bond donors (Lipinski definition) is 2. The molecule has 0 radical (unpaired) electrons. The number of nitrogens with zero attached hydrogens (tertiary/aromatic N) is 1. The van der Waals surface area contributed by atoms with Crippen molar-refractivity contribution in [2.24, 2.45) is 5.84 Å². The van der Waals surface area contributed by atoms with Crippen molar-refractivity contribution in [1.82, 2.24) is 10.3 Å². The molecule has 0 aliphatic heterocycles. The lowest BCUT2D eigenvalue weighted by atomic mass is 10.1. The zero-order valence-corrected chi connectivity index (χ0v) is 9.16. The van der Waals surface area contributed by atoms with Crippen molar-refractivity contribution >= 4 is 5.91 Å². The van der Waals surface area contributed by atoms with Gasteiger partial charge in [0, 0.05) is 12.1 Å². The maximum Gasteiger partial charge on any atom is 0.265 e. The van der Waals surface area contributed by atoms with Crippen molar-refractivity contribution in [3.05, 3.63) is 35.4 Å². The molecule has 4 nitrogen and oxygen atoms in total. The maximum absolute atomic E-state index is 11.4. The number of carbonyl (C=O) groups is 1. The third-order valence-electron chi connectivity index (χ3n) is 2.37. The Hall–Kier alpha value is -1.39. The Kier molecular flexibility index (Phi) is 4.27. The largest absolute Gasteiger partial charge is 0.302 e. The normalized spacial score (nSPS) is 10.4. The van der Waals surface area contributed by atoms with Crippen LogP contribution in [0.15, 0.2) is 24.3 Å². The van der Waals surface area contributed by atoms with Crippen molar-refractivity contribution in [2.75, 3.05) is 13.6 Å². The predicted molar refractivity (Wildman–Crippen MR) is 60.1 cm³/mol. The summed E-state index contributed by atoms with van der Waals surface area (Å²) in [6.45, 7) is 3.77. The molecular weight excluding hydrogens is 190 g/mol. The molecule has 1 rings (SSSR count). The fourth-order valence-corrected chi connectivity index (χ4v) is 1.36. The molecule has 0 bridgehead atoms. The molecule has 0 fully saturated rings. The summed E-state index contributed by atoms with van der Waals surface area (Å²) in [6, 6.07) is 7.48. The number of carbonyl (C=O) groups excluding carboxylic acids is 1. The van der Waals surface area contributed by atoms with Crippen molar-refractivity contribution in [2.45, 2.75) is 13.5 Å². The first-order valence-corrected chi connectivity index (χ1v) is 4.96. The molecule has 0 unspecified atom stereocenters. The number of benzene rings is 1. The Morgan fingerprint density at radius 2 is 2.13 bits per heavy atom. The maximum atomic E-state index is 11.4. The summed E-state index contributed by atoms with van der Waals surface area (Å²) in [6.07, 6.45) is 0. The quantitative estimate of drug-likeness (QED) is 0.435. The van der Waals surface area contributed by atoms with E-state index in [1.807, 2.05) is 25.2 Å². The molecule has 1 amide bonds. The van der Waals surface area contributed by atoms with Gasteiger partial charge < -0.3 is 4.90 Å². The number of amides is 1. The first-order chi connectivity index (χ1) is 7.19. The van der Waals surface area contributed by atoms with Gasteiger partial charge in [-0.2, -0.15) is 0 Å². The second kappa shape index (κ2) is 5.48. The van der Waals surface area contributed by atoms with Crippen molar-refractivity contribution in [1.29, 1.82) is 0 Å². The lowest BCUT2D eigenvalue weighted by Gasteiger charge is -2.15. The van der Waals surface area contributed by atoms with Gasteiger partial charge in [0.25, 0.3) is 5.91 Å². The van der Waals surface area contributed by atoms with Gasteiger partial charge in [0.05, 0.1) is 0 Å². The highest BCUT2D eigenvalue weighted by Gasteiger charge is 2.09. The Balaban J connectivity index is 2.91. The van der Waals surface area contributed by atoms with Gasteiger partial charge in [0.1, 0.15) is 0 Å². The first-order valence-electron chi connectivity index (χ1n) is 4.96. The fraction of sp³-hybridized carbons (Fsp3) is 0.364. The summed E-state index contributed by atoms with van der Waals surface area (Å²) in [5.74, 6) is 4.88. The fourth-order valence-electron chi connectivity index (χ4n) is 1.36. The minimum Gasteiger partial charge on any atom is -0.302 e. The van der Waals surface area contributed by atoms with Crippen LogP contribution in [0.4, 0.5) is 0 Å². The lowest BCUT2D eigenvalue weighted by molar-refractivity contribution is 0.0952. The zero-order chi connectivity index (χ0) is 11.3. The smallest absolute Gasteiger partial charge is 0.265 e. The van der Waals surface area contributed by atoms with Crippen molar-refractivity contribution in [3.63, 3.8) is 0 Å². The first kappa shape index (κ1) is 11.7. The third-order valence-corrected chi connectivity index (χ3v) is 2.37. The van der Waals surface area contributed by atoms with E-state index in [9.17, 15) is 4.79 Å². The highest BCUT2D eigenvalue weighted by Crippen LogP contribution is 2.10. The van der Waals surface area contributed by atoms with Gasteiger partial charge in [-0.25, -0.2) is 5.84 Å². The minimum atomic E-state index is -0.241. The van der Waals surface area contributed by atoms with Crippen LogP contribution in [0.25, 0.3) is 0 Å². The third kappa shape index (κ3) is 3.04. The molecule has 15 heavy (non-hydrogen) atoms. The summed E-state index contributed by atoms with van der Waals surface area (Å²) in [7, 11) is 2.01. The molecule has 0 aromatic heterocycles. The van der Waals surface area contributed by atoms with Gasteiger partial charge in [0.2, 0.25) is 0 Å². The average molecular weight is 207 g/mol. The lowest BCUT2D eigenvalue weighted by Crippen LogP contribution is -2.31. The predicted octanol–water partition coefficient (Wildman–Crippen LogP) is 0.742. The monoisotopic (exact) mass is 207 g/mol. The topological polar surface area (TPSA) is 58.4 Å². The van der Waals surface area contributed by atoms with Gasteiger partial charge in [-0.3, -0.25) is 10.2 Å². The average Bonchev–Trinajstić information content (AvgIpc) is 2.28. The molecule has 4 heteroatoms. The summed E-state index contributed by atoms with van der Waals surface area (Å²) in [5.41, 5.74) is 3.79. The van der Waals surface area contributed by atoms with E-state index in [0.29, 0.717) is 5.56 Å². The van der Waals surface area contributed by atoms with Crippen LogP contribution in [0.1, 0.15) is 22.8 Å². The van der Waals surface area contributed by atoms with Crippen LogP contribution in [0, 0.1) is 0 Å². The van der Waals surface area contributed by atoms with E-state index in [-0.39, 0.29) is 5.91 Å². The highest BCUT2D eigenvalue weighted by atomic mass is 16.2. The molecule has 0 saturated heterocycles. The van der Waals surface area contributed by atoms with Crippen LogP contribution in [0.3, 0.4) is 0 Å². The summed E-state index contributed by atoms with van der Waals surface area (Å²) < 4.78 is 0. The molecule has 0 atom stereocenters. The van der Waals surface area contributed by atoms with Crippen molar-refractivity contribution in [3.8, 4) is 0 Å². The molecular formula is C11H17N3O. The standard InChI is InChI=1S/C11H17N3O/c1-3-14(2)8-9-6-4-5-7-10(9)11(15)13-12/h4-7H,3,8,12H2,1-2H3,(H,13,15). The summed E-state index contributed by atoms with van der Waals surface area (Å²) in [5, 5.41) is 0. The van der Waals surface area contributed by atoms with Crippen LogP contribution < -0.4 is 11.3 Å². The number of hydrazine groups is 1. The van der Waals surface area contributed by atoms with Crippen LogP contribution in [0.5, 0.6) is 0 Å². The van der Waals surface area contributed by atoms with Gasteiger partial charge in [-0.15, -0.1) is 0 Å². The van der Waals surface area contributed by atoms with E-state index in [2.05, 4.69) is 17.2 Å². The van der Waals surface area contributed by atoms with E-state index < -0.39 is 0 Å². The molecule has 0 heterocycles.